The quantitative estimate of drug-likeness (QED) is 0.640. The minimum atomic E-state index is -0.761. The Labute approximate surface area is 98.0 Å². The van der Waals surface area contributed by atoms with Gasteiger partial charge in [0.15, 0.2) is 0 Å². The molecule has 1 saturated heterocycles. The zero-order valence-electron chi connectivity index (χ0n) is 10.8. The molecule has 0 aromatic heterocycles. The standard InChI is InChI=1S/C12H22BFO2/c1-11(2)12(3,4)16-13(15-11)9-7-5-6-8-10(9)14/h9-10H,5-8H2,1-4H3/t9-,10+/m1/s1. The van der Waals surface area contributed by atoms with Gasteiger partial charge in [-0.1, -0.05) is 12.8 Å². The second-order valence-electron chi connectivity index (χ2n) is 6.09. The maximum atomic E-state index is 13.8. The van der Waals surface area contributed by atoms with E-state index in [1.54, 1.807) is 0 Å². The minimum absolute atomic E-state index is 0.0743. The average Bonchev–Trinajstić information content (AvgIpc) is 2.36. The Kier molecular flexibility index (Phi) is 3.08. The number of hydrogen-bond donors (Lipinski definition) is 0. The van der Waals surface area contributed by atoms with E-state index in [2.05, 4.69) is 0 Å². The Hall–Kier alpha value is -0.0851. The van der Waals surface area contributed by atoms with Gasteiger partial charge in [0.05, 0.1) is 11.2 Å². The number of rotatable bonds is 1. The minimum Gasteiger partial charge on any atom is -0.403 e. The largest absolute Gasteiger partial charge is 0.464 e. The van der Waals surface area contributed by atoms with Gasteiger partial charge in [0.25, 0.3) is 0 Å². The van der Waals surface area contributed by atoms with Gasteiger partial charge in [-0.05, 0) is 40.5 Å². The lowest BCUT2D eigenvalue weighted by atomic mass is 9.63. The van der Waals surface area contributed by atoms with Crippen molar-refractivity contribution in [3.63, 3.8) is 0 Å². The molecule has 16 heavy (non-hydrogen) atoms. The summed E-state index contributed by atoms with van der Waals surface area (Å²) in [6.07, 6.45) is 2.88. The van der Waals surface area contributed by atoms with E-state index in [4.69, 9.17) is 9.31 Å². The highest BCUT2D eigenvalue weighted by molar-refractivity contribution is 6.47. The maximum Gasteiger partial charge on any atom is 0.464 e. The fraction of sp³-hybridized carbons (Fsp3) is 1.00. The van der Waals surface area contributed by atoms with Gasteiger partial charge in [0.1, 0.15) is 6.17 Å². The first-order chi connectivity index (χ1) is 7.33. The van der Waals surface area contributed by atoms with Crippen molar-refractivity contribution in [2.45, 2.75) is 76.6 Å². The van der Waals surface area contributed by atoms with Crippen molar-refractivity contribution in [2.75, 3.05) is 0 Å². The monoisotopic (exact) mass is 228 g/mol. The van der Waals surface area contributed by atoms with Crippen LogP contribution < -0.4 is 0 Å². The van der Waals surface area contributed by atoms with Crippen molar-refractivity contribution in [1.82, 2.24) is 0 Å². The van der Waals surface area contributed by atoms with Crippen LogP contribution in [0.4, 0.5) is 4.39 Å². The second kappa shape index (κ2) is 3.99. The fourth-order valence-electron chi connectivity index (χ4n) is 2.48. The molecule has 2 aliphatic rings. The predicted molar refractivity (Wildman–Crippen MR) is 63.2 cm³/mol. The Morgan fingerprint density at radius 2 is 1.50 bits per heavy atom. The lowest BCUT2D eigenvalue weighted by molar-refractivity contribution is 0.00578. The Bertz CT molecular complexity index is 252. The summed E-state index contributed by atoms with van der Waals surface area (Å²) >= 11 is 0. The second-order valence-corrected chi connectivity index (χ2v) is 6.09. The van der Waals surface area contributed by atoms with Crippen molar-refractivity contribution >= 4 is 7.12 Å². The van der Waals surface area contributed by atoms with E-state index in [1.165, 1.54) is 0 Å². The fourth-order valence-corrected chi connectivity index (χ4v) is 2.48. The van der Waals surface area contributed by atoms with Crippen molar-refractivity contribution in [1.29, 1.82) is 0 Å². The molecule has 0 amide bonds. The van der Waals surface area contributed by atoms with Gasteiger partial charge < -0.3 is 9.31 Å². The lowest BCUT2D eigenvalue weighted by Gasteiger charge is -2.32. The molecule has 2 fully saturated rings. The van der Waals surface area contributed by atoms with Crippen molar-refractivity contribution in [3.05, 3.63) is 0 Å². The van der Waals surface area contributed by atoms with Gasteiger partial charge >= 0.3 is 7.12 Å². The SMILES string of the molecule is CC1(C)OB([C@@H]2CCCC[C@@H]2F)OC1(C)C. The number of alkyl halides is 1. The first-order valence-corrected chi connectivity index (χ1v) is 6.33. The van der Waals surface area contributed by atoms with Gasteiger partial charge in [0.2, 0.25) is 0 Å². The topological polar surface area (TPSA) is 18.5 Å². The Morgan fingerprint density at radius 3 is 2.00 bits per heavy atom. The molecule has 0 N–H and O–H groups in total. The molecule has 0 unspecified atom stereocenters. The average molecular weight is 228 g/mol. The Morgan fingerprint density at radius 1 is 1.00 bits per heavy atom. The third-order valence-electron chi connectivity index (χ3n) is 4.35. The van der Waals surface area contributed by atoms with Crippen LogP contribution in [0.15, 0.2) is 0 Å². The number of halogens is 1. The first-order valence-electron chi connectivity index (χ1n) is 6.33. The zero-order valence-corrected chi connectivity index (χ0v) is 10.8. The van der Waals surface area contributed by atoms with Crippen LogP contribution in [-0.4, -0.2) is 24.5 Å². The molecule has 1 heterocycles. The van der Waals surface area contributed by atoms with E-state index in [0.29, 0.717) is 6.42 Å². The molecule has 4 heteroatoms. The Balaban J connectivity index is 2.07. The van der Waals surface area contributed by atoms with Crippen LogP contribution in [0, 0.1) is 0 Å². The van der Waals surface area contributed by atoms with Gasteiger partial charge in [0, 0.05) is 5.82 Å². The highest BCUT2D eigenvalue weighted by Crippen LogP contribution is 2.44. The third kappa shape index (κ3) is 2.02. The predicted octanol–water partition coefficient (Wildman–Crippen LogP) is 3.36. The van der Waals surface area contributed by atoms with Crippen LogP contribution in [-0.2, 0) is 9.31 Å². The summed E-state index contributed by atoms with van der Waals surface area (Å²) in [6, 6.07) is 0. The van der Waals surface area contributed by atoms with E-state index in [-0.39, 0.29) is 24.1 Å². The lowest BCUT2D eigenvalue weighted by Crippen LogP contribution is -2.41. The summed E-state index contributed by atoms with van der Waals surface area (Å²) in [5.41, 5.74) is -0.677. The highest BCUT2D eigenvalue weighted by Gasteiger charge is 2.55. The summed E-state index contributed by atoms with van der Waals surface area (Å²) in [5, 5.41) is 0. The van der Waals surface area contributed by atoms with Crippen molar-refractivity contribution in [3.8, 4) is 0 Å². The summed E-state index contributed by atoms with van der Waals surface area (Å²) < 4.78 is 25.7. The molecule has 1 aliphatic heterocycles. The van der Waals surface area contributed by atoms with Crippen LogP contribution in [0.2, 0.25) is 5.82 Å². The molecule has 1 saturated carbocycles. The molecule has 92 valence electrons. The summed E-state index contributed by atoms with van der Waals surface area (Å²) in [7, 11) is -0.361. The van der Waals surface area contributed by atoms with E-state index >= 15 is 0 Å². The molecule has 2 nitrogen and oxygen atoms in total. The van der Waals surface area contributed by atoms with Gasteiger partial charge in [-0.2, -0.15) is 0 Å². The smallest absolute Gasteiger partial charge is 0.403 e. The molecule has 2 atom stereocenters. The summed E-state index contributed by atoms with van der Waals surface area (Å²) in [4.78, 5) is 0. The molecule has 1 aliphatic carbocycles. The van der Waals surface area contributed by atoms with Crippen LogP contribution in [0.25, 0.3) is 0 Å². The van der Waals surface area contributed by atoms with Crippen molar-refractivity contribution < 1.29 is 13.7 Å². The van der Waals surface area contributed by atoms with Crippen LogP contribution >= 0.6 is 0 Å². The molecule has 2 rings (SSSR count). The van der Waals surface area contributed by atoms with Crippen molar-refractivity contribution in [2.24, 2.45) is 0 Å². The van der Waals surface area contributed by atoms with Crippen LogP contribution in [0.3, 0.4) is 0 Å². The van der Waals surface area contributed by atoms with Gasteiger partial charge in [-0.15, -0.1) is 0 Å². The molecule has 0 spiro atoms. The third-order valence-corrected chi connectivity index (χ3v) is 4.35. The van der Waals surface area contributed by atoms with Crippen LogP contribution in [0.5, 0.6) is 0 Å². The first kappa shape index (κ1) is 12.4. The summed E-state index contributed by atoms with van der Waals surface area (Å²) in [5.74, 6) is -0.0743. The summed E-state index contributed by atoms with van der Waals surface area (Å²) in [6.45, 7) is 8.07. The van der Waals surface area contributed by atoms with Crippen LogP contribution in [0.1, 0.15) is 53.4 Å². The molecule has 0 aromatic carbocycles. The van der Waals surface area contributed by atoms with E-state index in [9.17, 15) is 4.39 Å². The van der Waals surface area contributed by atoms with E-state index < -0.39 is 6.17 Å². The van der Waals surface area contributed by atoms with Gasteiger partial charge in [-0.3, -0.25) is 0 Å². The van der Waals surface area contributed by atoms with E-state index in [1.807, 2.05) is 27.7 Å². The highest BCUT2D eigenvalue weighted by atomic mass is 19.1. The molecule has 0 radical (unpaired) electrons. The van der Waals surface area contributed by atoms with E-state index in [0.717, 1.165) is 19.3 Å². The molecular weight excluding hydrogens is 206 g/mol. The maximum absolute atomic E-state index is 13.8. The number of hydrogen-bond acceptors (Lipinski definition) is 2. The van der Waals surface area contributed by atoms with Gasteiger partial charge in [-0.25, -0.2) is 4.39 Å². The normalized spacial score (nSPS) is 37.7. The molecule has 0 bridgehead atoms. The molecular formula is C12H22BFO2. The zero-order chi connectivity index (χ0) is 12.0. The molecule has 0 aromatic rings.